The largest absolute Gasteiger partial charge is 0.454 e. The number of hydrogen-bond donors (Lipinski definition) is 0. The van der Waals surface area contributed by atoms with Gasteiger partial charge in [0, 0.05) is 53.1 Å². The molecule has 5 aliphatic rings. The van der Waals surface area contributed by atoms with E-state index in [4.69, 9.17) is 16.0 Å². The van der Waals surface area contributed by atoms with Gasteiger partial charge in [-0.05, 0) is 118 Å². The van der Waals surface area contributed by atoms with Gasteiger partial charge in [-0.15, -0.1) is 11.3 Å². The minimum absolute atomic E-state index is 0.000331. The SMILES string of the molecule is CC(C)(C)c1cc2c3c(c1)C1(C)CCCCC1(C)N3c1cc(Cl)cc3c1B2c1sc2cc4c(cc2c1N3c1cccc2c1oc1ccccc12)C(C)(C)CCC4(C)C. The molecule has 292 valence electrons. The molecular formula is C52H52BClN2OS. The van der Waals surface area contributed by atoms with Crippen molar-refractivity contribution in [2.75, 3.05) is 9.80 Å². The zero-order valence-corrected chi connectivity index (χ0v) is 37.0. The van der Waals surface area contributed by atoms with Crippen LogP contribution in [-0.2, 0) is 21.7 Å². The van der Waals surface area contributed by atoms with Crippen LogP contribution in [0, 0.1) is 0 Å². The summed E-state index contributed by atoms with van der Waals surface area (Å²) in [5, 5.41) is 4.40. The highest BCUT2D eigenvalue weighted by Crippen LogP contribution is 2.63. The second-order valence-corrected chi connectivity index (χ2v) is 22.7. The van der Waals surface area contributed by atoms with Crippen LogP contribution in [0.1, 0.15) is 123 Å². The summed E-state index contributed by atoms with van der Waals surface area (Å²) in [5.41, 5.74) is 17.0. The van der Waals surface area contributed by atoms with E-state index in [9.17, 15) is 0 Å². The van der Waals surface area contributed by atoms with Crippen molar-refractivity contribution in [3.8, 4) is 0 Å². The quantitative estimate of drug-likeness (QED) is 0.154. The number of benzene rings is 5. The Bertz CT molecular complexity index is 2980. The average Bonchev–Trinajstić information content (AvgIpc) is 3.81. The van der Waals surface area contributed by atoms with Gasteiger partial charge < -0.3 is 14.2 Å². The molecule has 0 saturated heterocycles. The lowest BCUT2D eigenvalue weighted by Crippen LogP contribution is -2.64. The average molecular weight is 799 g/mol. The lowest BCUT2D eigenvalue weighted by Gasteiger charge is -2.52. The molecule has 5 aromatic carbocycles. The van der Waals surface area contributed by atoms with E-state index in [0.717, 1.165) is 39.1 Å². The van der Waals surface area contributed by atoms with E-state index in [1.165, 1.54) is 97.3 Å². The van der Waals surface area contributed by atoms with Gasteiger partial charge in [0.25, 0.3) is 6.71 Å². The summed E-state index contributed by atoms with van der Waals surface area (Å²) in [7, 11) is 0. The maximum atomic E-state index is 7.48. The highest BCUT2D eigenvalue weighted by molar-refractivity contribution is 7.33. The molecule has 5 heterocycles. The third-order valence-electron chi connectivity index (χ3n) is 16.1. The Kier molecular flexibility index (Phi) is 6.86. The Hall–Kier alpha value is -4.19. The maximum absolute atomic E-state index is 7.48. The van der Waals surface area contributed by atoms with Gasteiger partial charge in [0.05, 0.1) is 16.9 Å². The van der Waals surface area contributed by atoms with Crippen LogP contribution in [0.4, 0.5) is 28.4 Å². The third-order valence-corrected chi connectivity index (χ3v) is 17.5. The zero-order valence-electron chi connectivity index (χ0n) is 35.4. The number of anilines is 5. The molecule has 0 N–H and O–H groups in total. The number of nitrogens with zero attached hydrogens (tertiary/aromatic N) is 2. The fourth-order valence-corrected chi connectivity index (χ4v) is 14.0. The summed E-state index contributed by atoms with van der Waals surface area (Å²) < 4.78 is 9.71. The molecule has 2 aliphatic carbocycles. The van der Waals surface area contributed by atoms with Crippen LogP contribution in [-0.4, -0.2) is 12.3 Å². The summed E-state index contributed by atoms with van der Waals surface area (Å²) >= 11 is 9.51. The number of furan rings is 1. The first-order valence-electron chi connectivity index (χ1n) is 21.7. The first-order valence-corrected chi connectivity index (χ1v) is 22.9. The van der Waals surface area contributed by atoms with Crippen molar-refractivity contribution in [3.63, 3.8) is 0 Å². The number of hydrogen-bond acceptors (Lipinski definition) is 4. The second-order valence-electron chi connectivity index (χ2n) is 21.2. The third kappa shape index (κ3) is 4.33. The molecular weight excluding hydrogens is 747 g/mol. The van der Waals surface area contributed by atoms with Crippen LogP contribution in [0.2, 0.25) is 5.02 Å². The number of thiophene rings is 1. The predicted octanol–water partition coefficient (Wildman–Crippen LogP) is 13.5. The van der Waals surface area contributed by atoms with Crippen molar-refractivity contribution in [2.45, 2.75) is 128 Å². The van der Waals surface area contributed by atoms with E-state index >= 15 is 0 Å². The van der Waals surface area contributed by atoms with Gasteiger partial charge in [-0.2, -0.15) is 0 Å². The number of fused-ring (bicyclic) bond motifs is 13. The smallest absolute Gasteiger partial charge is 0.264 e. The molecule has 1 fully saturated rings. The molecule has 0 amide bonds. The summed E-state index contributed by atoms with van der Waals surface area (Å²) in [6.45, 7) is 22.2. The minimum Gasteiger partial charge on any atom is -0.454 e. The van der Waals surface area contributed by atoms with Gasteiger partial charge >= 0.3 is 0 Å². The van der Waals surface area contributed by atoms with Crippen LogP contribution in [0.5, 0.6) is 0 Å². The summed E-state index contributed by atoms with van der Waals surface area (Å²) in [5.74, 6) is 0. The molecule has 2 unspecified atom stereocenters. The molecule has 0 bridgehead atoms. The van der Waals surface area contributed by atoms with Gasteiger partial charge in [-0.3, -0.25) is 0 Å². The molecule has 3 aliphatic heterocycles. The molecule has 7 aromatic rings. The summed E-state index contributed by atoms with van der Waals surface area (Å²) in [6.07, 6.45) is 7.22. The molecule has 2 aromatic heterocycles. The van der Waals surface area contributed by atoms with Crippen molar-refractivity contribution < 1.29 is 4.42 Å². The lowest BCUT2D eigenvalue weighted by atomic mass is 9.36. The van der Waals surface area contributed by atoms with Crippen molar-refractivity contribution in [1.29, 1.82) is 0 Å². The fourth-order valence-electron chi connectivity index (χ4n) is 12.4. The van der Waals surface area contributed by atoms with Gasteiger partial charge in [0.15, 0.2) is 5.58 Å². The Labute approximate surface area is 352 Å². The summed E-state index contributed by atoms with van der Waals surface area (Å²) in [4.78, 5) is 5.37. The van der Waals surface area contributed by atoms with E-state index in [2.05, 4.69) is 151 Å². The highest BCUT2D eigenvalue weighted by atomic mass is 35.5. The normalized spacial score (nSPS) is 23.6. The molecule has 0 radical (unpaired) electrons. The van der Waals surface area contributed by atoms with Crippen LogP contribution in [0.25, 0.3) is 32.0 Å². The van der Waals surface area contributed by atoms with E-state index < -0.39 is 0 Å². The van der Waals surface area contributed by atoms with E-state index in [1.54, 1.807) is 5.56 Å². The van der Waals surface area contributed by atoms with Crippen LogP contribution >= 0.6 is 22.9 Å². The van der Waals surface area contributed by atoms with Crippen LogP contribution in [0.15, 0.2) is 83.3 Å². The molecule has 6 heteroatoms. The molecule has 0 spiro atoms. The Morgan fingerprint density at radius 1 is 0.690 bits per heavy atom. The topological polar surface area (TPSA) is 19.6 Å². The Morgan fingerprint density at radius 3 is 2.17 bits per heavy atom. The molecule has 58 heavy (non-hydrogen) atoms. The maximum Gasteiger partial charge on any atom is 0.264 e. The highest BCUT2D eigenvalue weighted by Gasteiger charge is 2.62. The number of halogens is 1. The monoisotopic (exact) mass is 798 g/mol. The van der Waals surface area contributed by atoms with Crippen molar-refractivity contribution in [3.05, 3.63) is 106 Å². The molecule has 1 saturated carbocycles. The van der Waals surface area contributed by atoms with Crippen molar-refractivity contribution in [2.24, 2.45) is 0 Å². The predicted molar refractivity (Wildman–Crippen MR) is 250 cm³/mol. The van der Waals surface area contributed by atoms with Gasteiger partial charge in [-0.1, -0.05) is 122 Å². The zero-order chi connectivity index (χ0) is 40.1. The first kappa shape index (κ1) is 35.7. The fraction of sp³-hybridized carbons (Fsp3) is 0.385. The number of rotatable bonds is 1. The number of para-hydroxylation sites is 2. The van der Waals surface area contributed by atoms with E-state index in [1.807, 2.05) is 11.3 Å². The second kappa shape index (κ2) is 11.1. The molecule has 3 nitrogen and oxygen atoms in total. The standard InChI is InChI=1S/C52H52BClN2OS/c1-48(2,3)29-23-36-45-37(24-29)53-43-39(25-30(54)26-40(43)56(45)52(9)20-13-12-19-51(36,52)8)55(38-17-14-16-32-31-15-10-11-18-41(31)57-46(32)38)44-33-27-34-35(28-42(33)58-47(44)53)50(6,7)22-21-49(34,4)5/h10-11,14-18,23-28H,12-13,19-22H2,1-9H3. The Morgan fingerprint density at radius 2 is 1.40 bits per heavy atom. The van der Waals surface area contributed by atoms with Gasteiger partial charge in [0.2, 0.25) is 0 Å². The first-order chi connectivity index (χ1) is 27.5. The van der Waals surface area contributed by atoms with Crippen LogP contribution in [0.3, 0.4) is 0 Å². The molecule has 2 atom stereocenters. The van der Waals surface area contributed by atoms with E-state index in [0.29, 0.717) is 0 Å². The van der Waals surface area contributed by atoms with Crippen LogP contribution < -0.4 is 25.5 Å². The van der Waals surface area contributed by atoms with Gasteiger partial charge in [-0.25, -0.2) is 0 Å². The van der Waals surface area contributed by atoms with Crippen molar-refractivity contribution >= 4 is 106 Å². The van der Waals surface area contributed by atoms with Crippen molar-refractivity contribution in [1.82, 2.24) is 0 Å². The minimum atomic E-state index is -0.0809. The molecule has 12 rings (SSSR count). The van der Waals surface area contributed by atoms with Gasteiger partial charge in [0.1, 0.15) is 5.58 Å². The summed E-state index contributed by atoms with van der Waals surface area (Å²) in [6, 6.07) is 30.2. The Balaban J connectivity index is 1.25. The van der Waals surface area contributed by atoms with E-state index in [-0.39, 0.29) is 33.9 Å². The lowest BCUT2D eigenvalue weighted by molar-refractivity contribution is 0.195.